The molecule has 0 bridgehead atoms. The minimum Gasteiger partial charge on any atom is -0.507 e. The van der Waals surface area contributed by atoms with E-state index in [1.807, 2.05) is 37.3 Å². The molecular formula is C16H17NO3. The molecule has 0 aromatic heterocycles. The first-order valence-electron chi connectivity index (χ1n) is 6.39. The summed E-state index contributed by atoms with van der Waals surface area (Å²) in [6.07, 6.45) is -0.774. The van der Waals surface area contributed by atoms with Crippen LogP contribution in [-0.2, 0) is 4.74 Å². The van der Waals surface area contributed by atoms with Crippen molar-refractivity contribution in [1.82, 2.24) is 0 Å². The van der Waals surface area contributed by atoms with Crippen molar-refractivity contribution in [3.8, 4) is 5.75 Å². The summed E-state index contributed by atoms with van der Waals surface area (Å²) < 4.78 is 5.21. The highest BCUT2D eigenvalue weighted by Crippen LogP contribution is 2.21. The van der Waals surface area contributed by atoms with Crippen LogP contribution in [0.1, 0.15) is 28.8 Å². The maximum Gasteiger partial charge on any atom is 0.343 e. The molecule has 0 aliphatic heterocycles. The van der Waals surface area contributed by atoms with Gasteiger partial charge in [0.1, 0.15) is 11.3 Å². The second kappa shape index (κ2) is 6.21. The zero-order chi connectivity index (χ0) is 14.5. The van der Waals surface area contributed by atoms with Crippen LogP contribution < -0.4 is 5.73 Å². The Bertz CT molecular complexity index is 583. The lowest BCUT2D eigenvalue weighted by atomic mass is 10.00. The SMILES string of the molecule is CC(c1ccccc1)C(N)OC(=O)c1ccccc1O. The Morgan fingerprint density at radius 2 is 1.70 bits per heavy atom. The zero-order valence-electron chi connectivity index (χ0n) is 11.2. The van der Waals surface area contributed by atoms with Crippen LogP contribution in [-0.4, -0.2) is 17.3 Å². The van der Waals surface area contributed by atoms with Crippen molar-refractivity contribution in [2.75, 3.05) is 0 Å². The lowest BCUT2D eigenvalue weighted by Gasteiger charge is -2.20. The molecule has 20 heavy (non-hydrogen) atoms. The third-order valence-corrected chi connectivity index (χ3v) is 3.19. The fraction of sp³-hybridized carbons (Fsp3) is 0.188. The molecule has 0 saturated heterocycles. The molecule has 0 radical (unpaired) electrons. The molecule has 2 rings (SSSR count). The monoisotopic (exact) mass is 271 g/mol. The Morgan fingerprint density at radius 1 is 1.10 bits per heavy atom. The lowest BCUT2D eigenvalue weighted by Crippen LogP contribution is -2.32. The van der Waals surface area contributed by atoms with Crippen LogP contribution in [0.25, 0.3) is 0 Å². The van der Waals surface area contributed by atoms with Gasteiger partial charge >= 0.3 is 5.97 Å². The Kier molecular flexibility index (Phi) is 4.38. The number of ether oxygens (including phenoxy) is 1. The zero-order valence-corrected chi connectivity index (χ0v) is 11.2. The van der Waals surface area contributed by atoms with E-state index in [4.69, 9.17) is 10.5 Å². The molecular weight excluding hydrogens is 254 g/mol. The number of hydrogen-bond donors (Lipinski definition) is 2. The lowest BCUT2D eigenvalue weighted by molar-refractivity contribution is 0.0260. The molecule has 4 heteroatoms. The number of aromatic hydroxyl groups is 1. The average molecular weight is 271 g/mol. The van der Waals surface area contributed by atoms with Gasteiger partial charge in [0.2, 0.25) is 0 Å². The summed E-state index contributed by atoms with van der Waals surface area (Å²) >= 11 is 0. The van der Waals surface area contributed by atoms with Crippen molar-refractivity contribution in [1.29, 1.82) is 0 Å². The maximum absolute atomic E-state index is 11.9. The van der Waals surface area contributed by atoms with E-state index in [1.165, 1.54) is 12.1 Å². The number of benzene rings is 2. The third kappa shape index (κ3) is 3.16. The predicted molar refractivity (Wildman–Crippen MR) is 76.4 cm³/mol. The van der Waals surface area contributed by atoms with Crippen molar-refractivity contribution in [3.63, 3.8) is 0 Å². The highest BCUT2D eigenvalue weighted by Gasteiger charge is 2.21. The average Bonchev–Trinajstić information content (AvgIpc) is 2.47. The molecule has 2 atom stereocenters. The van der Waals surface area contributed by atoms with E-state index in [2.05, 4.69) is 0 Å². The number of phenolic OH excluding ortho intramolecular Hbond substituents is 1. The largest absolute Gasteiger partial charge is 0.507 e. The van der Waals surface area contributed by atoms with Crippen molar-refractivity contribution >= 4 is 5.97 Å². The second-order valence-electron chi connectivity index (χ2n) is 4.59. The molecule has 0 amide bonds. The maximum atomic E-state index is 11.9. The van der Waals surface area contributed by atoms with E-state index in [-0.39, 0.29) is 17.2 Å². The van der Waals surface area contributed by atoms with Crippen LogP contribution in [0.3, 0.4) is 0 Å². The van der Waals surface area contributed by atoms with Gasteiger partial charge in [0.05, 0.1) is 0 Å². The first-order chi connectivity index (χ1) is 9.59. The van der Waals surface area contributed by atoms with Crippen molar-refractivity contribution < 1.29 is 14.6 Å². The molecule has 2 unspecified atom stereocenters. The van der Waals surface area contributed by atoms with Gasteiger partial charge in [-0.05, 0) is 17.7 Å². The van der Waals surface area contributed by atoms with Gasteiger partial charge in [0, 0.05) is 5.92 Å². The molecule has 104 valence electrons. The van der Waals surface area contributed by atoms with Gasteiger partial charge in [-0.3, -0.25) is 5.73 Å². The molecule has 2 aromatic carbocycles. The molecule has 0 aliphatic carbocycles. The highest BCUT2D eigenvalue weighted by molar-refractivity contribution is 5.92. The second-order valence-corrected chi connectivity index (χ2v) is 4.59. The molecule has 4 nitrogen and oxygen atoms in total. The molecule has 2 aromatic rings. The topological polar surface area (TPSA) is 72.5 Å². The summed E-state index contributed by atoms with van der Waals surface area (Å²) in [6, 6.07) is 15.8. The summed E-state index contributed by atoms with van der Waals surface area (Å²) in [6.45, 7) is 1.89. The number of carbonyl (C=O) groups excluding carboxylic acids is 1. The first-order valence-corrected chi connectivity index (χ1v) is 6.39. The molecule has 0 fully saturated rings. The van der Waals surface area contributed by atoms with Crippen LogP contribution in [0.15, 0.2) is 54.6 Å². The Balaban J connectivity index is 2.07. The fourth-order valence-corrected chi connectivity index (χ4v) is 1.88. The van der Waals surface area contributed by atoms with Crippen LogP contribution in [0.5, 0.6) is 5.75 Å². The quantitative estimate of drug-likeness (QED) is 0.662. The van der Waals surface area contributed by atoms with Gasteiger partial charge in [-0.25, -0.2) is 4.79 Å². The van der Waals surface area contributed by atoms with Crippen LogP contribution in [0.2, 0.25) is 0 Å². The number of nitrogens with two attached hydrogens (primary N) is 1. The van der Waals surface area contributed by atoms with Crippen molar-refractivity contribution in [2.45, 2.75) is 19.1 Å². The van der Waals surface area contributed by atoms with E-state index in [0.717, 1.165) is 5.56 Å². The van der Waals surface area contributed by atoms with E-state index in [9.17, 15) is 9.90 Å². The minimum atomic E-state index is -0.774. The molecule has 3 N–H and O–H groups in total. The Hall–Kier alpha value is -2.33. The predicted octanol–water partition coefficient (Wildman–Crippen LogP) is 2.64. The van der Waals surface area contributed by atoms with Gasteiger partial charge in [-0.15, -0.1) is 0 Å². The number of rotatable bonds is 4. The number of para-hydroxylation sites is 1. The van der Waals surface area contributed by atoms with Crippen molar-refractivity contribution in [2.24, 2.45) is 5.73 Å². The summed E-state index contributed by atoms with van der Waals surface area (Å²) in [5, 5.41) is 9.61. The Morgan fingerprint density at radius 3 is 2.35 bits per heavy atom. The summed E-state index contributed by atoms with van der Waals surface area (Å²) in [4.78, 5) is 11.9. The van der Waals surface area contributed by atoms with Crippen LogP contribution in [0.4, 0.5) is 0 Å². The molecule has 0 aliphatic rings. The van der Waals surface area contributed by atoms with Crippen LogP contribution >= 0.6 is 0 Å². The van der Waals surface area contributed by atoms with Gasteiger partial charge in [-0.2, -0.15) is 0 Å². The normalized spacial score (nSPS) is 13.5. The van der Waals surface area contributed by atoms with Gasteiger partial charge in [0.25, 0.3) is 0 Å². The standard InChI is InChI=1S/C16H17NO3/c1-11(12-7-3-2-4-8-12)15(17)20-16(19)13-9-5-6-10-14(13)18/h2-11,15,18H,17H2,1H3. The van der Waals surface area contributed by atoms with E-state index < -0.39 is 12.2 Å². The van der Waals surface area contributed by atoms with Crippen molar-refractivity contribution in [3.05, 3.63) is 65.7 Å². The van der Waals surface area contributed by atoms with Gasteiger partial charge in [-0.1, -0.05) is 49.4 Å². The minimum absolute atomic E-state index is 0.114. The highest BCUT2D eigenvalue weighted by atomic mass is 16.6. The fourth-order valence-electron chi connectivity index (χ4n) is 1.88. The van der Waals surface area contributed by atoms with E-state index >= 15 is 0 Å². The summed E-state index contributed by atoms with van der Waals surface area (Å²) in [5.74, 6) is -0.874. The van der Waals surface area contributed by atoms with Gasteiger partial charge in [0.15, 0.2) is 6.23 Å². The third-order valence-electron chi connectivity index (χ3n) is 3.19. The molecule has 0 saturated carbocycles. The summed E-state index contributed by atoms with van der Waals surface area (Å²) in [5.41, 5.74) is 7.02. The molecule has 0 heterocycles. The number of esters is 1. The van der Waals surface area contributed by atoms with E-state index in [0.29, 0.717) is 0 Å². The summed E-state index contributed by atoms with van der Waals surface area (Å²) in [7, 11) is 0. The number of hydrogen-bond acceptors (Lipinski definition) is 4. The smallest absolute Gasteiger partial charge is 0.343 e. The van der Waals surface area contributed by atoms with E-state index in [1.54, 1.807) is 12.1 Å². The van der Waals surface area contributed by atoms with Crippen LogP contribution in [0, 0.1) is 0 Å². The first kappa shape index (κ1) is 14.1. The van der Waals surface area contributed by atoms with Gasteiger partial charge < -0.3 is 9.84 Å². The number of phenols is 1. The number of carbonyl (C=O) groups is 1. The molecule has 0 spiro atoms. The Labute approximate surface area is 117 Å².